The van der Waals surface area contributed by atoms with Crippen molar-refractivity contribution in [1.82, 2.24) is 16.0 Å². The SMILES string of the molecule is NCC(=O)NC(Cc1ccccc1)C(=O)NCC(=O)NC(CCC(=O)O)C(=O)O. The Kier molecular flexibility index (Phi) is 9.82. The van der Waals surface area contributed by atoms with Gasteiger partial charge in [-0.1, -0.05) is 30.3 Å². The molecular weight excluding hydrogens is 384 g/mol. The van der Waals surface area contributed by atoms with E-state index >= 15 is 0 Å². The van der Waals surface area contributed by atoms with Gasteiger partial charge in [-0.25, -0.2) is 4.79 Å². The minimum absolute atomic E-state index is 0.163. The van der Waals surface area contributed by atoms with E-state index in [0.29, 0.717) is 0 Å². The fraction of sp³-hybridized carbons (Fsp3) is 0.389. The van der Waals surface area contributed by atoms with Crippen LogP contribution in [0, 0.1) is 0 Å². The number of carbonyl (C=O) groups is 5. The van der Waals surface area contributed by atoms with Crippen molar-refractivity contribution in [2.24, 2.45) is 5.73 Å². The van der Waals surface area contributed by atoms with Gasteiger partial charge in [0.1, 0.15) is 12.1 Å². The molecule has 0 spiro atoms. The van der Waals surface area contributed by atoms with Gasteiger partial charge in [-0.05, 0) is 12.0 Å². The second kappa shape index (κ2) is 12.1. The fourth-order valence-corrected chi connectivity index (χ4v) is 2.37. The molecule has 11 nitrogen and oxygen atoms in total. The number of hydrogen-bond donors (Lipinski definition) is 6. The Morgan fingerprint density at radius 2 is 1.55 bits per heavy atom. The summed E-state index contributed by atoms with van der Waals surface area (Å²) in [6.45, 7) is -0.859. The average Bonchev–Trinajstić information content (AvgIpc) is 2.68. The Morgan fingerprint density at radius 3 is 2.10 bits per heavy atom. The first kappa shape index (κ1) is 23.6. The lowest BCUT2D eigenvalue weighted by Crippen LogP contribution is -2.52. The van der Waals surface area contributed by atoms with E-state index < -0.39 is 54.7 Å². The summed E-state index contributed by atoms with van der Waals surface area (Å²) in [5.41, 5.74) is 6.04. The molecule has 0 saturated heterocycles. The molecule has 158 valence electrons. The van der Waals surface area contributed by atoms with Gasteiger partial charge < -0.3 is 31.9 Å². The molecule has 1 aromatic carbocycles. The molecule has 29 heavy (non-hydrogen) atoms. The Labute approximate surface area is 166 Å². The van der Waals surface area contributed by atoms with Gasteiger partial charge in [-0.15, -0.1) is 0 Å². The number of carboxylic acids is 2. The van der Waals surface area contributed by atoms with Crippen molar-refractivity contribution >= 4 is 29.7 Å². The van der Waals surface area contributed by atoms with Gasteiger partial charge in [0.2, 0.25) is 17.7 Å². The number of rotatable bonds is 12. The van der Waals surface area contributed by atoms with Gasteiger partial charge in [0, 0.05) is 12.8 Å². The summed E-state index contributed by atoms with van der Waals surface area (Å²) in [6, 6.07) is 6.49. The summed E-state index contributed by atoms with van der Waals surface area (Å²) in [4.78, 5) is 57.6. The van der Waals surface area contributed by atoms with Crippen molar-refractivity contribution in [3.8, 4) is 0 Å². The van der Waals surface area contributed by atoms with Gasteiger partial charge in [-0.2, -0.15) is 0 Å². The molecule has 0 aliphatic rings. The number of nitrogens with two attached hydrogens (primary N) is 1. The molecular formula is C18H24N4O7. The lowest BCUT2D eigenvalue weighted by Gasteiger charge is -2.19. The van der Waals surface area contributed by atoms with E-state index in [0.717, 1.165) is 5.56 Å². The maximum Gasteiger partial charge on any atom is 0.326 e. The molecule has 2 unspecified atom stereocenters. The number of amides is 3. The zero-order valence-corrected chi connectivity index (χ0v) is 15.6. The van der Waals surface area contributed by atoms with Crippen LogP contribution in [-0.4, -0.2) is 65.0 Å². The fourth-order valence-electron chi connectivity index (χ4n) is 2.37. The third kappa shape index (κ3) is 9.33. The Bertz CT molecular complexity index is 739. The topological polar surface area (TPSA) is 188 Å². The van der Waals surface area contributed by atoms with E-state index in [1.54, 1.807) is 30.3 Å². The van der Waals surface area contributed by atoms with Crippen LogP contribution in [0.1, 0.15) is 18.4 Å². The first-order valence-electron chi connectivity index (χ1n) is 8.78. The maximum atomic E-state index is 12.4. The van der Waals surface area contributed by atoms with Crippen LogP contribution in [0.5, 0.6) is 0 Å². The normalized spacial score (nSPS) is 12.3. The number of hydrogen-bond acceptors (Lipinski definition) is 6. The van der Waals surface area contributed by atoms with E-state index in [4.69, 9.17) is 15.9 Å². The van der Waals surface area contributed by atoms with Crippen LogP contribution in [0.25, 0.3) is 0 Å². The predicted molar refractivity (Wildman–Crippen MR) is 101 cm³/mol. The van der Waals surface area contributed by atoms with Crippen LogP contribution in [0.3, 0.4) is 0 Å². The predicted octanol–water partition coefficient (Wildman–Crippen LogP) is -1.78. The molecule has 0 radical (unpaired) electrons. The summed E-state index contributed by atoms with van der Waals surface area (Å²) in [5, 5.41) is 24.6. The Hall–Kier alpha value is -3.47. The van der Waals surface area contributed by atoms with Crippen molar-refractivity contribution < 1.29 is 34.2 Å². The first-order chi connectivity index (χ1) is 13.7. The number of nitrogens with one attached hydrogen (secondary N) is 3. The van der Waals surface area contributed by atoms with E-state index in [9.17, 15) is 24.0 Å². The Balaban J connectivity index is 2.65. The molecule has 0 aliphatic heterocycles. The summed E-state index contributed by atoms with van der Waals surface area (Å²) < 4.78 is 0. The molecule has 2 atom stereocenters. The van der Waals surface area contributed by atoms with Crippen LogP contribution in [-0.2, 0) is 30.4 Å². The molecule has 11 heteroatoms. The van der Waals surface area contributed by atoms with E-state index in [1.165, 1.54) is 0 Å². The van der Waals surface area contributed by atoms with Gasteiger partial charge in [0.15, 0.2) is 0 Å². The summed E-state index contributed by atoms with van der Waals surface area (Å²) in [5.74, 6) is -4.59. The van der Waals surface area contributed by atoms with E-state index in [-0.39, 0.29) is 19.4 Å². The third-order valence-electron chi connectivity index (χ3n) is 3.82. The van der Waals surface area contributed by atoms with Crippen LogP contribution in [0.4, 0.5) is 0 Å². The summed E-state index contributed by atoms with van der Waals surface area (Å²) in [7, 11) is 0. The number of carboxylic acid groups (broad SMARTS) is 2. The maximum absolute atomic E-state index is 12.4. The minimum Gasteiger partial charge on any atom is -0.481 e. The first-order valence-corrected chi connectivity index (χ1v) is 8.78. The largest absolute Gasteiger partial charge is 0.481 e. The summed E-state index contributed by atoms with van der Waals surface area (Å²) in [6.07, 6.45) is -0.572. The third-order valence-corrected chi connectivity index (χ3v) is 3.82. The molecule has 0 aliphatic carbocycles. The minimum atomic E-state index is -1.40. The zero-order chi connectivity index (χ0) is 21.8. The van der Waals surface area contributed by atoms with Crippen molar-refractivity contribution in [2.45, 2.75) is 31.3 Å². The molecule has 0 saturated carbocycles. The van der Waals surface area contributed by atoms with Crippen molar-refractivity contribution in [3.63, 3.8) is 0 Å². The smallest absolute Gasteiger partial charge is 0.326 e. The van der Waals surface area contributed by atoms with Gasteiger partial charge in [0.05, 0.1) is 13.1 Å². The molecule has 0 bridgehead atoms. The molecule has 1 aromatic rings. The highest BCUT2D eigenvalue weighted by molar-refractivity contribution is 5.92. The average molecular weight is 408 g/mol. The van der Waals surface area contributed by atoms with E-state index in [1.807, 2.05) is 0 Å². The van der Waals surface area contributed by atoms with Gasteiger partial charge in [-0.3, -0.25) is 19.2 Å². The molecule has 3 amide bonds. The van der Waals surface area contributed by atoms with Crippen LogP contribution < -0.4 is 21.7 Å². The van der Waals surface area contributed by atoms with E-state index in [2.05, 4.69) is 16.0 Å². The van der Waals surface area contributed by atoms with Crippen LogP contribution >= 0.6 is 0 Å². The zero-order valence-electron chi connectivity index (χ0n) is 15.6. The highest BCUT2D eigenvalue weighted by atomic mass is 16.4. The molecule has 1 rings (SSSR count). The van der Waals surface area contributed by atoms with Crippen LogP contribution in [0.15, 0.2) is 30.3 Å². The highest BCUT2D eigenvalue weighted by Gasteiger charge is 2.24. The van der Waals surface area contributed by atoms with Gasteiger partial charge >= 0.3 is 11.9 Å². The van der Waals surface area contributed by atoms with Crippen molar-refractivity contribution in [2.75, 3.05) is 13.1 Å². The van der Waals surface area contributed by atoms with Gasteiger partial charge in [0.25, 0.3) is 0 Å². The number of benzene rings is 1. The second-order valence-electron chi connectivity index (χ2n) is 6.12. The summed E-state index contributed by atoms with van der Waals surface area (Å²) >= 11 is 0. The molecule has 0 aromatic heterocycles. The quantitative estimate of drug-likeness (QED) is 0.234. The molecule has 0 heterocycles. The number of carbonyl (C=O) groups excluding carboxylic acids is 3. The van der Waals surface area contributed by atoms with Crippen molar-refractivity contribution in [3.05, 3.63) is 35.9 Å². The monoisotopic (exact) mass is 408 g/mol. The lowest BCUT2D eigenvalue weighted by atomic mass is 10.1. The standard InChI is InChI=1S/C18H24N4O7/c19-9-14(23)22-13(8-11-4-2-1-3-5-11)17(27)20-10-15(24)21-12(18(28)29)6-7-16(25)26/h1-5,12-13H,6-10,19H2,(H,20,27)(H,21,24)(H,22,23)(H,25,26)(H,28,29). The Morgan fingerprint density at radius 1 is 0.931 bits per heavy atom. The highest BCUT2D eigenvalue weighted by Crippen LogP contribution is 2.04. The number of aliphatic carboxylic acids is 2. The molecule has 0 fully saturated rings. The van der Waals surface area contributed by atoms with Crippen LogP contribution in [0.2, 0.25) is 0 Å². The van der Waals surface area contributed by atoms with Crippen molar-refractivity contribution in [1.29, 1.82) is 0 Å². The second-order valence-corrected chi connectivity index (χ2v) is 6.12. The molecule has 7 N–H and O–H groups in total. The lowest BCUT2D eigenvalue weighted by molar-refractivity contribution is -0.143.